The van der Waals surface area contributed by atoms with E-state index in [1.807, 2.05) is 32.0 Å². The van der Waals surface area contributed by atoms with Crippen LogP contribution in [0.4, 0.5) is 0 Å². The maximum Gasteiger partial charge on any atom is 0.175 e. The molecule has 0 radical (unpaired) electrons. The quantitative estimate of drug-likeness (QED) is 0.409. The second-order valence-electron chi connectivity index (χ2n) is 5.43. The van der Waals surface area contributed by atoms with Crippen molar-refractivity contribution in [1.82, 2.24) is 14.8 Å². The average Bonchev–Trinajstić information content (AvgIpc) is 3.31. The van der Waals surface area contributed by atoms with Crippen molar-refractivity contribution in [3.63, 3.8) is 0 Å². The van der Waals surface area contributed by atoms with Gasteiger partial charge in [0, 0.05) is 17.0 Å². The second kappa shape index (κ2) is 8.25. The molecule has 0 spiro atoms. The van der Waals surface area contributed by atoms with Gasteiger partial charge in [0.15, 0.2) is 14.5 Å². The topological polar surface area (TPSA) is 60.9 Å². The smallest absolute Gasteiger partial charge is 0.175 e. The van der Waals surface area contributed by atoms with Crippen LogP contribution in [0.2, 0.25) is 0 Å². The van der Waals surface area contributed by atoms with Gasteiger partial charge in [-0.3, -0.25) is 4.79 Å². The number of carbonyl (C=O) groups is 1. The lowest BCUT2D eigenvalue weighted by atomic mass is 10.2. The van der Waals surface area contributed by atoms with Crippen molar-refractivity contribution in [2.75, 3.05) is 11.5 Å². The van der Waals surface area contributed by atoms with Crippen LogP contribution in [-0.4, -0.2) is 32.1 Å². The van der Waals surface area contributed by atoms with Gasteiger partial charge in [-0.05, 0) is 37.8 Å². The van der Waals surface area contributed by atoms with E-state index < -0.39 is 0 Å². The number of carbonyl (C=O) groups excluding carboxylic acids is 1. The van der Waals surface area contributed by atoms with Crippen LogP contribution in [0, 0.1) is 13.8 Å². The summed E-state index contributed by atoms with van der Waals surface area (Å²) in [7, 11) is 0. The van der Waals surface area contributed by atoms with Gasteiger partial charge < -0.3 is 8.98 Å². The third-order valence-electron chi connectivity index (χ3n) is 3.75. The van der Waals surface area contributed by atoms with Crippen molar-refractivity contribution in [2.24, 2.45) is 0 Å². The maximum absolute atomic E-state index is 12.6. The van der Waals surface area contributed by atoms with Gasteiger partial charge in [0.1, 0.15) is 5.76 Å². The van der Waals surface area contributed by atoms with Crippen LogP contribution >= 0.6 is 34.9 Å². The Kier molecular flexibility index (Phi) is 6.03. The number of aromatic nitrogens is 3. The summed E-state index contributed by atoms with van der Waals surface area (Å²) < 4.78 is 9.32. The highest BCUT2D eigenvalue weighted by molar-refractivity contribution is 8.03. The van der Waals surface area contributed by atoms with Gasteiger partial charge in [-0.2, -0.15) is 0 Å². The van der Waals surface area contributed by atoms with Crippen molar-refractivity contribution < 1.29 is 9.21 Å². The Balaban J connectivity index is 1.67. The van der Waals surface area contributed by atoms with Crippen LogP contribution in [0.5, 0.6) is 0 Å². The minimum absolute atomic E-state index is 0.115. The van der Waals surface area contributed by atoms with Gasteiger partial charge in [0.25, 0.3) is 0 Å². The van der Waals surface area contributed by atoms with E-state index in [1.54, 1.807) is 29.4 Å². The highest BCUT2D eigenvalue weighted by Crippen LogP contribution is 2.29. The van der Waals surface area contributed by atoms with Crippen molar-refractivity contribution >= 4 is 40.6 Å². The molecule has 8 heteroatoms. The zero-order valence-electron chi connectivity index (χ0n) is 14.3. The summed E-state index contributed by atoms with van der Waals surface area (Å²) in [5.74, 6) is 2.34. The molecular formula is C17H19N3O2S3. The van der Waals surface area contributed by atoms with Crippen molar-refractivity contribution in [3.05, 3.63) is 47.2 Å². The lowest BCUT2D eigenvalue weighted by Gasteiger charge is -2.07. The van der Waals surface area contributed by atoms with Crippen LogP contribution < -0.4 is 0 Å². The van der Waals surface area contributed by atoms with Crippen LogP contribution in [-0.2, 0) is 6.54 Å². The molecule has 0 aliphatic heterocycles. The predicted octanol–water partition coefficient (Wildman–Crippen LogP) is 4.68. The van der Waals surface area contributed by atoms with Crippen molar-refractivity contribution in [1.29, 1.82) is 0 Å². The minimum Gasteiger partial charge on any atom is -0.467 e. The van der Waals surface area contributed by atoms with Crippen molar-refractivity contribution in [2.45, 2.75) is 36.0 Å². The van der Waals surface area contributed by atoms with E-state index >= 15 is 0 Å². The van der Waals surface area contributed by atoms with E-state index in [4.69, 9.17) is 4.42 Å². The zero-order valence-corrected chi connectivity index (χ0v) is 16.8. The van der Waals surface area contributed by atoms with E-state index in [9.17, 15) is 4.79 Å². The third kappa shape index (κ3) is 4.37. The molecule has 0 saturated carbocycles. The Morgan fingerprint density at radius 2 is 2.04 bits per heavy atom. The van der Waals surface area contributed by atoms with E-state index in [-0.39, 0.29) is 5.78 Å². The first-order valence-electron chi connectivity index (χ1n) is 7.90. The highest BCUT2D eigenvalue weighted by Gasteiger charge is 2.17. The normalized spacial score (nSPS) is 11.2. The number of furan rings is 1. The fraction of sp³-hybridized carbons (Fsp3) is 0.353. The number of ketones is 1. The molecule has 0 amide bonds. The molecule has 5 nitrogen and oxygen atoms in total. The lowest BCUT2D eigenvalue weighted by Crippen LogP contribution is -2.07. The van der Waals surface area contributed by atoms with E-state index in [2.05, 4.69) is 21.7 Å². The van der Waals surface area contributed by atoms with Gasteiger partial charge in [-0.25, -0.2) is 0 Å². The standard InChI is InChI=1S/C17H19N3O2S3/c1-4-23-16-18-19-17(25-16)24-10-15(21)14-8-11(2)20(12(14)3)9-13-6-5-7-22-13/h5-8H,4,9-10H2,1-3H3. The van der Waals surface area contributed by atoms with Gasteiger partial charge in [0.2, 0.25) is 0 Å². The van der Waals surface area contributed by atoms with E-state index in [1.165, 1.54) is 11.8 Å². The van der Waals surface area contributed by atoms with Crippen LogP contribution in [0.1, 0.15) is 34.4 Å². The monoisotopic (exact) mass is 393 g/mol. The van der Waals surface area contributed by atoms with Gasteiger partial charge >= 0.3 is 0 Å². The van der Waals surface area contributed by atoms with Crippen molar-refractivity contribution in [3.8, 4) is 0 Å². The number of rotatable bonds is 8. The number of nitrogens with zero attached hydrogens (tertiary/aromatic N) is 3. The second-order valence-corrected chi connectivity index (χ2v) is 9.14. The molecule has 0 fully saturated rings. The summed E-state index contributed by atoms with van der Waals surface area (Å²) in [6.07, 6.45) is 1.67. The average molecular weight is 394 g/mol. The summed E-state index contributed by atoms with van der Waals surface area (Å²) >= 11 is 4.67. The fourth-order valence-corrected chi connectivity index (χ4v) is 5.33. The summed E-state index contributed by atoms with van der Waals surface area (Å²) in [5.41, 5.74) is 2.79. The largest absolute Gasteiger partial charge is 0.467 e. The lowest BCUT2D eigenvalue weighted by molar-refractivity contribution is 0.102. The minimum atomic E-state index is 0.115. The highest BCUT2D eigenvalue weighted by atomic mass is 32.2. The zero-order chi connectivity index (χ0) is 17.8. The molecule has 132 valence electrons. The third-order valence-corrected chi connectivity index (χ3v) is 6.82. The maximum atomic E-state index is 12.6. The van der Waals surface area contributed by atoms with Crippen LogP contribution in [0.15, 0.2) is 37.6 Å². The van der Waals surface area contributed by atoms with E-state index in [0.717, 1.165) is 37.1 Å². The number of Topliss-reactive ketones (excluding diaryl/α,β-unsaturated/α-hetero) is 1. The van der Waals surface area contributed by atoms with Gasteiger partial charge in [-0.15, -0.1) is 10.2 Å². The molecule has 0 saturated heterocycles. The Labute approximate surface area is 159 Å². The molecule has 3 aromatic rings. The Hall–Kier alpha value is -1.51. The molecule has 0 aromatic carbocycles. The van der Waals surface area contributed by atoms with Crippen LogP contribution in [0.25, 0.3) is 0 Å². The Morgan fingerprint density at radius 1 is 1.28 bits per heavy atom. The summed E-state index contributed by atoms with van der Waals surface area (Å²) in [4.78, 5) is 12.6. The molecule has 0 unspecified atom stereocenters. The first-order chi connectivity index (χ1) is 12.1. The SMILES string of the molecule is CCSc1nnc(SCC(=O)c2cc(C)n(Cc3ccco3)c2C)s1. The number of hydrogen-bond donors (Lipinski definition) is 0. The number of aryl methyl sites for hydroxylation is 1. The van der Waals surface area contributed by atoms with Gasteiger partial charge in [-0.1, -0.05) is 41.8 Å². The summed E-state index contributed by atoms with van der Waals surface area (Å²) in [5, 5.41) is 8.26. The molecular weight excluding hydrogens is 374 g/mol. The number of thioether (sulfide) groups is 2. The van der Waals surface area contributed by atoms with Gasteiger partial charge in [0.05, 0.1) is 18.6 Å². The fourth-order valence-electron chi connectivity index (χ4n) is 2.53. The first-order valence-corrected chi connectivity index (χ1v) is 10.7. The predicted molar refractivity (Wildman–Crippen MR) is 103 cm³/mol. The Bertz CT molecular complexity index is 853. The molecule has 0 aliphatic carbocycles. The molecule has 3 heterocycles. The summed E-state index contributed by atoms with van der Waals surface area (Å²) in [6.45, 7) is 6.72. The molecule has 0 N–H and O–H groups in total. The molecule has 0 aliphatic rings. The van der Waals surface area contributed by atoms with Crippen LogP contribution in [0.3, 0.4) is 0 Å². The Morgan fingerprint density at radius 3 is 2.72 bits per heavy atom. The van der Waals surface area contributed by atoms with E-state index in [0.29, 0.717) is 12.3 Å². The molecule has 0 atom stereocenters. The molecule has 25 heavy (non-hydrogen) atoms. The molecule has 3 aromatic heterocycles. The number of hydrogen-bond acceptors (Lipinski definition) is 7. The molecule has 0 bridgehead atoms. The summed E-state index contributed by atoms with van der Waals surface area (Å²) in [6, 6.07) is 5.77. The molecule has 3 rings (SSSR count). The first kappa shape index (κ1) is 18.3.